The van der Waals surface area contributed by atoms with Crippen LogP contribution in [0.3, 0.4) is 0 Å². The van der Waals surface area contributed by atoms with Crippen LogP contribution in [-0.4, -0.2) is 11.4 Å². The molecule has 0 heterocycles. The monoisotopic (exact) mass is 298 g/mol. The van der Waals surface area contributed by atoms with Crippen LogP contribution in [0.25, 0.3) is 0 Å². The van der Waals surface area contributed by atoms with E-state index < -0.39 is 17.8 Å². The van der Waals surface area contributed by atoms with Crippen LogP contribution in [0.2, 0.25) is 0 Å². The number of alkyl halides is 3. The van der Waals surface area contributed by atoms with E-state index in [0.717, 1.165) is 17.0 Å². The van der Waals surface area contributed by atoms with Crippen LogP contribution < -0.4 is 0 Å². The standard InChI is InChI=1S/C15H13F3OS/c1-20-13-7-5-10(6-8-13)14(19)11-3-2-4-12(9-11)15(16,17)18/h2-9,14,19H,1H3. The molecule has 0 aromatic heterocycles. The summed E-state index contributed by atoms with van der Waals surface area (Å²) in [6, 6.07) is 11.9. The molecule has 0 radical (unpaired) electrons. The number of thioether (sulfide) groups is 1. The average Bonchev–Trinajstić information content (AvgIpc) is 2.46. The van der Waals surface area contributed by atoms with Crippen molar-refractivity contribution in [3.63, 3.8) is 0 Å². The van der Waals surface area contributed by atoms with E-state index >= 15 is 0 Å². The van der Waals surface area contributed by atoms with Crippen LogP contribution >= 0.6 is 11.8 Å². The summed E-state index contributed by atoms with van der Waals surface area (Å²) >= 11 is 1.56. The summed E-state index contributed by atoms with van der Waals surface area (Å²) < 4.78 is 37.9. The fourth-order valence-electron chi connectivity index (χ4n) is 1.86. The maximum Gasteiger partial charge on any atom is 0.416 e. The number of hydrogen-bond donors (Lipinski definition) is 1. The van der Waals surface area contributed by atoms with E-state index in [1.807, 2.05) is 18.4 Å². The van der Waals surface area contributed by atoms with Gasteiger partial charge in [-0.05, 0) is 41.6 Å². The number of halogens is 3. The smallest absolute Gasteiger partial charge is 0.384 e. The zero-order chi connectivity index (χ0) is 14.8. The van der Waals surface area contributed by atoms with Crippen molar-refractivity contribution in [2.24, 2.45) is 0 Å². The summed E-state index contributed by atoms with van der Waals surface area (Å²) in [4.78, 5) is 1.03. The quantitative estimate of drug-likeness (QED) is 0.841. The van der Waals surface area contributed by atoms with E-state index in [1.54, 1.807) is 23.9 Å². The molecule has 0 spiro atoms. The lowest BCUT2D eigenvalue weighted by Crippen LogP contribution is -2.07. The summed E-state index contributed by atoms with van der Waals surface area (Å²) in [5.41, 5.74) is 0.0497. The topological polar surface area (TPSA) is 20.2 Å². The zero-order valence-electron chi connectivity index (χ0n) is 10.7. The van der Waals surface area contributed by atoms with Crippen molar-refractivity contribution in [1.82, 2.24) is 0 Å². The minimum atomic E-state index is -4.40. The molecule has 0 saturated carbocycles. The fraction of sp³-hybridized carbons (Fsp3) is 0.200. The number of hydrogen-bond acceptors (Lipinski definition) is 2. The van der Waals surface area contributed by atoms with Crippen LogP contribution in [-0.2, 0) is 6.18 Å². The first-order valence-corrected chi connectivity index (χ1v) is 7.13. The predicted octanol–water partition coefficient (Wildman–Crippen LogP) is 4.51. The van der Waals surface area contributed by atoms with Gasteiger partial charge >= 0.3 is 6.18 Å². The van der Waals surface area contributed by atoms with Gasteiger partial charge in [0.25, 0.3) is 0 Å². The molecule has 1 N–H and O–H groups in total. The number of aliphatic hydroxyl groups is 1. The Morgan fingerprint density at radius 1 is 1.00 bits per heavy atom. The normalized spacial score (nSPS) is 13.2. The molecule has 1 unspecified atom stereocenters. The second-order valence-corrected chi connectivity index (χ2v) is 5.18. The van der Waals surface area contributed by atoms with Gasteiger partial charge in [-0.1, -0.05) is 24.3 Å². The first-order chi connectivity index (χ1) is 9.41. The van der Waals surface area contributed by atoms with Gasteiger partial charge in [-0.25, -0.2) is 0 Å². The minimum absolute atomic E-state index is 0.233. The predicted molar refractivity (Wildman–Crippen MR) is 73.7 cm³/mol. The maximum absolute atomic E-state index is 12.6. The van der Waals surface area contributed by atoms with Crippen molar-refractivity contribution < 1.29 is 18.3 Å². The Morgan fingerprint density at radius 3 is 2.20 bits per heavy atom. The first kappa shape index (κ1) is 14.9. The van der Waals surface area contributed by atoms with Gasteiger partial charge in [0.2, 0.25) is 0 Å². The van der Waals surface area contributed by atoms with E-state index in [1.165, 1.54) is 12.1 Å². The van der Waals surface area contributed by atoms with Crippen molar-refractivity contribution in [2.45, 2.75) is 17.2 Å². The Bertz CT molecular complexity index is 578. The fourth-order valence-corrected chi connectivity index (χ4v) is 2.27. The summed E-state index contributed by atoms with van der Waals surface area (Å²) in [7, 11) is 0. The van der Waals surface area contributed by atoms with Crippen LogP contribution in [0.1, 0.15) is 22.8 Å². The zero-order valence-corrected chi connectivity index (χ0v) is 11.5. The van der Waals surface area contributed by atoms with E-state index in [0.29, 0.717) is 5.56 Å². The SMILES string of the molecule is CSc1ccc(C(O)c2cccc(C(F)(F)F)c2)cc1. The second-order valence-electron chi connectivity index (χ2n) is 4.30. The molecule has 0 fully saturated rings. The van der Waals surface area contributed by atoms with Crippen molar-refractivity contribution in [2.75, 3.05) is 6.26 Å². The minimum Gasteiger partial charge on any atom is -0.384 e. The van der Waals surface area contributed by atoms with Crippen molar-refractivity contribution in [3.05, 3.63) is 65.2 Å². The molecule has 5 heteroatoms. The lowest BCUT2D eigenvalue weighted by atomic mass is 10.00. The van der Waals surface area contributed by atoms with E-state index in [2.05, 4.69) is 0 Å². The highest BCUT2D eigenvalue weighted by Gasteiger charge is 2.30. The molecule has 0 saturated heterocycles. The third-order valence-electron chi connectivity index (χ3n) is 2.96. The molecule has 106 valence electrons. The molecule has 2 aromatic rings. The molecule has 2 rings (SSSR count). The van der Waals surface area contributed by atoms with Crippen molar-refractivity contribution >= 4 is 11.8 Å². The van der Waals surface area contributed by atoms with Gasteiger partial charge in [-0.15, -0.1) is 11.8 Å². The number of benzene rings is 2. The van der Waals surface area contributed by atoms with Gasteiger partial charge in [0.05, 0.1) is 5.56 Å². The molecular formula is C15H13F3OS. The lowest BCUT2D eigenvalue weighted by Gasteiger charge is -2.14. The highest BCUT2D eigenvalue weighted by atomic mass is 32.2. The average molecular weight is 298 g/mol. The Kier molecular flexibility index (Phi) is 4.40. The van der Waals surface area contributed by atoms with Crippen LogP contribution in [0.15, 0.2) is 53.4 Å². The molecule has 20 heavy (non-hydrogen) atoms. The summed E-state index contributed by atoms with van der Waals surface area (Å²) in [6.07, 6.45) is -3.54. The van der Waals surface area contributed by atoms with Gasteiger partial charge in [0.1, 0.15) is 6.10 Å². The molecule has 0 aliphatic rings. The van der Waals surface area contributed by atoms with Crippen LogP contribution in [0.4, 0.5) is 13.2 Å². The number of rotatable bonds is 3. The molecule has 0 amide bonds. The van der Waals surface area contributed by atoms with Gasteiger partial charge in [-0.2, -0.15) is 13.2 Å². The highest BCUT2D eigenvalue weighted by molar-refractivity contribution is 7.98. The summed E-state index contributed by atoms with van der Waals surface area (Å²) in [6.45, 7) is 0. The molecular weight excluding hydrogens is 285 g/mol. The van der Waals surface area contributed by atoms with E-state index in [-0.39, 0.29) is 5.56 Å². The molecule has 1 atom stereocenters. The summed E-state index contributed by atoms with van der Waals surface area (Å²) in [5.74, 6) is 0. The Morgan fingerprint density at radius 2 is 1.65 bits per heavy atom. The van der Waals surface area contributed by atoms with Crippen molar-refractivity contribution in [3.8, 4) is 0 Å². The highest BCUT2D eigenvalue weighted by Crippen LogP contribution is 2.32. The van der Waals surface area contributed by atoms with Gasteiger partial charge in [0, 0.05) is 4.90 Å². The van der Waals surface area contributed by atoms with E-state index in [4.69, 9.17) is 0 Å². The van der Waals surface area contributed by atoms with Gasteiger partial charge < -0.3 is 5.11 Å². The lowest BCUT2D eigenvalue weighted by molar-refractivity contribution is -0.137. The van der Waals surface area contributed by atoms with Crippen LogP contribution in [0, 0.1) is 0 Å². The molecule has 0 aliphatic carbocycles. The summed E-state index contributed by atoms with van der Waals surface area (Å²) in [5, 5.41) is 10.2. The van der Waals surface area contributed by atoms with E-state index in [9.17, 15) is 18.3 Å². The molecule has 2 aromatic carbocycles. The third kappa shape index (κ3) is 3.35. The Hall–Kier alpha value is -1.46. The molecule has 0 bridgehead atoms. The third-order valence-corrected chi connectivity index (χ3v) is 3.70. The maximum atomic E-state index is 12.6. The van der Waals surface area contributed by atoms with Crippen LogP contribution in [0.5, 0.6) is 0 Å². The second kappa shape index (κ2) is 5.89. The van der Waals surface area contributed by atoms with Gasteiger partial charge in [-0.3, -0.25) is 0 Å². The van der Waals surface area contributed by atoms with Gasteiger partial charge in [0.15, 0.2) is 0 Å². The Labute approximate surface area is 119 Å². The Balaban J connectivity index is 2.30. The first-order valence-electron chi connectivity index (χ1n) is 5.91. The largest absolute Gasteiger partial charge is 0.416 e. The number of aliphatic hydroxyl groups excluding tert-OH is 1. The molecule has 1 nitrogen and oxygen atoms in total. The molecule has 0 aliphatic heterocycles. The van der Waals surface area contributed by atoms with Crippen molar-refractivity contribution in [1.29, 1.82) is 0 Å².